The van der Waals surface area contributed by atoms with Crippen molar-refractivity contribution in [2.24, 2.45) is 5.92 Å². The van der Waals surface area contributed by atoms with E-state index in [0.29, 0.717) is 12.0 Å². The predicted octanol–water partition coefficient (Wildman–Crippen LogP) is 0.916. The molecule has 2 rings (SSSR count). The number of hydrogen-bond donors (Lipinski definition) is 2. The molecule has 0 aromatic rings. The van der Waals surface area contributed by atoms with Crippen LogP contribution >= 0.6 is 0 Å². The molecule has 3 heteroatoms. The molecule has 14 heavy (non-hydrogen) atoms. The summed E-state index contributed by atoms with van der Waals surface area (Å²) < 4.78 is 5.42. The SMILES string of the molecule is O[C@@H]1CCC[C@H]1NCC1CCCOC1. The molecule has 0 radical (unpaired) electrons. The topological polar surface area (TPSA) is 41.5 Å². The van der Waals surface area contributed by atoms with E-state index in [1.165, 1.54) is 19.3 Å². The van der Waals surface area contributed by atoms with E-state index in [4.69, 9.17) is 4.74 Å². The minimum atomic E-state index is -0.112. The van der Waals surface area contributed by atoms with Crippen molar-refractivity contribution in [1.82, 2.24) is 5.32 Å². The van der Waals surface area contributed by atoms with Crippen molar-refractivity contribution in [1.29, 1.82) is 0 Å². The summed E-state index contributed by atoms with van der Waals surface area (Å²) in [5, 5.41) is 13.1. The Morgan fingerprint density at radius 2 is 2.14 bits per heavy atom. The summed E-state index contributed by atoms with van der Waals surface area (Å²) in [6.07, 6.45) is 5.63. The van der Waals surface area contributed by atoms with Gasteiger partial charge >= 0.3 is 0 Å². The third-order valence-electron chi connectivity index (χ3n) is 3.40. The van der Waals surface area contributed by atoms with Gasteiger partial charge in [0, 0.05) is 19.2 Å². The summed E-state index contributed by atoms with van der Waals surface area (Å²) in [4.78, 5) is 0. The van der Waals surface area contributed by atoms with E-state index in [0.717, 1.165) is 32.6 Å². The van der Waals surface area contributed by atoms with Crippen molar-refractivity contribution >= 4 is 0 Å². The van der Waals surface area contributed by atoms with Crippen LogP contribution in [-0.4, -0.2) is 37.0 Å². The van der Waals surface area contributed by atoms with Gasteiger partial charge in [-0.2, -0.15) is 0 Å². The van der Waals surface area contributed by atoms with Crippen molar-refractivity contribution in [2.75, 3.05) is 19.8 Å². The minimum absolute atomic E-state index is 0.112. The first-order valence-corrected chi connectivity index (χ1v) is 5.85. The zero-order valence-corrected chi connectivity index (χ0v) is 8.74. The average molecular weight is 199 g/mol. The summed E-state index contributed by atoms with van der Waals surface area (Å²) >= 11 is 0. The molecule has 2 aliphatic rings. The van der Waals surface area contributed by atoms with E-state index in [-0.39, 0.29) is 6.10 Å². The van der Waals surface area contributed by atoms with Crippen LogP contribution in [-0.2, 0) is 4.74 Å². The highest BCUT2D eigenvalue weighted by Gasteiger charge is 2.25. The van der Waals surface area contributed by atoms with Gasteiger partial charge in [0.25, 0.3) is 0 Å². The number of rotatable bonds is 3. The molecule has 1 saturated carbocycles. The van der Waals surface area contributed by atoms with Crippen LogP contribution in [0.2, 0.25) is 0 Å². The molecule has 0 spiro atoms. The van der Waals surface area contributed by atoms with Gasteiger partial charge in [0.15, 0.2) is 0 Å². The van der Waals surface area contributed by atoms with E-state index in [1.54, 1.807) is 0 Å². The van der Waals surface area contributed by atoms with Crippen molar-refractivity contribution in [3.63, 3.8) is 0 Å². The lowest BCUT2D eigenvalue weighted by Crippen LogP contribution is -2.40. The maximum atomic E-state index is 9.62. The van der Waals surface area contributed by atoms with Gasteiger partial charge in [-0.15, -0.1) is 0 Å². The second-order valence-electron chi connectivity index (χ2n) is 4.60. The second-order valence-corrected chi connectivity index (χ2v) is 4.60. The van der Waals surface area contributed by atoms with Crippen LogP contribution < -0.4 is 5.32 Å². The van der Waals surface area contributed by atoms with Crippen molar-refractivity contribution in [2.45, 2.75) is 44.2 Å². The van der Waals surface area contributed by atoms with Gasteiger partial charge in [0.2, 0.25) is 0 Å². The standard InChI is InChI=1S/C11H21NO2/c13-11-5-1-4-10(11)12-7-9-3-2-6-14-8-9/h9-13H,1-8H2/t9?,10-,11-/m1/s1. The zero-order chi connectivity index (χ0) is 9.80. The molecular formula is C11H21NO2. The first-order chi connectivity index (χ1) is 6.86. The molecule has 1 unspecified atom stereocenters. The fourth-order valence-corrected chi connectivity index (χ4v) is 2.47. The molecule has 1 saturated heterocycles. The quantitative estimate of drug-likeness (QED) is 0.710. The van der Waals surface area contributed by atoms with Crippen LogP contribution in [0.4, 0.5) is 0 Å². The Labute approximate surface area is 85.8 Å². The fraction of sp³-hybridized carbons (Fsp3) is 1.00. The molecule has 0 bridgehead atoms. The Bertz CT molecular complexity index is 169. The second kappa shape index (κ2) is 5.10. The molecule has 1 heterocycles. The van der Waals surface area contributed by atoms with E-state index in [2.05, 4.69) is 5.32 Å². The highest BCUT2D eigenvalue weighted by atomic mass is 16.5. The van der Waals surface area contributed by atoms with Crippen LogP contribution in [0.15, 0.2) is 0 Å². The maximum Gasteiger partial charge on any atom is 0.0693 e. The number of hydrogen-bond acceptors (Lipinski definition) is 3. The van der Waals surface area contributed by atoms with Crippen LogP contribution in [0, 0.1) is 5.92 Å². The van der Waals surface area contributed by atoms with Gasteiger partial charge in [-0.1, -0.05) is 0 Å². The molecule has 0 amide bonds. The molecule has 82 valence electrons. The number of nitrogens with one attached hydrogen (secondary N) is 1. The molecule has 3 atom stereocenters. The fourth-order valence-electron chi connectivity index (χ4n) is 2.47. The third-order valence-corrected chi connectivity index (χ3v) is 3.40. The lowest BCUT2D eigenvalue weighted by atomic mass is 10.0. The van der Waals surface area contributed by atoms with Gasteiger partial charge < -0.3 is 15.2 Å². The largest absolute Gasteiger partial charge is 0.392 e. The number of aliphatic hydroxyl groups excluding tert-OH is 1. The summed E-state index contributed by atoms with van der Waals surface area (Å²) in [7, 11) is 0. The van der Waals surface area contributed by atoms with Gasteiger partial charge in [-0.25, -0.2) is 0 Å². The van der Waals surface area contributed by atoms with Gasteiger partial charge in [-0.05, 0) is 38.0 Å². The summed E-state index contributed by atoms with van der Waals surface area (Å²) in [6, 6.07) is 0.344. The van der Waals surface area contributed by atoms with Crippen molar-refractivity contribution in [3.8, 4) is 0 Å². The molecule has 1 aliphatic heterocycles. The molecule has 0 aromatic carbocycles. The highest BCUT2D eigenvalue weighted by Crippen LogP contribution is 2.20. The van der Waals surface area contributed by atoms with Crippen LogP contribution in [0.3, 0.4) is 0 Å². The Morgan fingerprint density at radius 1 is 1.21 bits per heavy atom. The molecule has 2 fully saturated rings. The normalized spacial score (nSPS) is 38.8. The Hall–Kier alpha value is -0.120. The Kier molecular flexibility index (Phi) is 3.79. The molecule has 0 aromatic heterocycles. The molecular weight excluding hydrogens is 178 g/mol. The highest BCUT2D eigenvalue weighted by molar-refractivity contribution is 4.83. The molecule has 3 nitrogen and oxygen atoms in total. The lowest BCUT2D eigenvalue weighted by Gasteiger charge is -2.25. The molecule has 1 aliphatic carbocycles. The lowest BCUT2D eigenvalue weighted by molar-refractivity contribution is 0.0510. The average Bonchev–Trinajstić information content (AvgIpc) is 2.63. The van der Waals surface area contributed by atoms with Crippen LogP contribution in [0.1, 0.15) is 32.1 Å². The van der Waals surface area contributed by atoms with Crippen molar-refractivity contribution in [3.05, 3.63) is 0 Å². The first kappa shape index (κ1) is 10.4. The zero-order valence-electron chi connectivity index (χ0n) is 8.74. The summed E-state index contributed by atoms with van der Waals surface area (Å²) in [5.74, 6) is 0.663. The number of ether oxygens (including phenoxy) is 1. The predicted molar refractivity (Wildman–Crippen MR) is 55.2 cm³/mol. The van der Waals surface area contributed by atoms with Gasteiger partial charge in [-0.3, -0.25) is 0 Å². The van der Waals surface area contributed by atoms with E-state index >= 15 is 0 Å². The Morgan fingerprint density at radius 3 is 2.79 bits per heavy atom. The first-order valence-electron chi connectivity index (χ1n) is 5.85. The Balaban J connectivity index is 1.65. The summed E-state index contributed by atoms with van der Waals surface area (Å²) in [5.41, 5.74) is 0. The smallest absolute Gasteiger partial charge is 0.0693 e. The monoisotopic (exact) mass is 199 g/mol. The van der Waals surface area contributed by atoms with Gasteiger partial charge in [0.05, 0.1) is 12.7 Å². The molecule has 2 N–H and O–H groups in total. The van der Waals surface area contributed by atoms with Gasteiger partial charge in [0.1, 0.15) is 0 Å². The van der Waals surface area contributed by atoms with E-state index in [9.17, 15) is 5.11 Å². The van der Waals surface area contributed by atoms with Crippen molar-refractivity contribution < 1.29 is 9.84 Å². The van der Waals surface area contributed by atoms with Crippen LogP contribution in [0.25, 0.3) is 0 Å². The van der Waals surface area contributed by atoms with E-state index < -0.39 is 0 Å². The van der Waals surface area contributed by atoms with Crippen LogP contribution in [0.5, 0.6) is 0 Å². The third kappa shape index (κ3) is 2.69. The summed E-state index contributed by atoms with van der Waals surface area (Å²) in [6.45, 7) is 2.85. The van der Waals surface area contributed by atoms with E-state index in [1.807, 2.05) is 0 Å². The number of aliphatic hydroxyl groups is 1. The maximum absolute atomic E-state index is 9.62. The minimum Gasteiger partial charge on any atom is -0.392 e.